The van der Waals surface area contributed by atoms with Gasteiger partial charge in [-0.05, 0) is 17.7 Å². The van der Waals surface area contributed by atoms with Gasteiger partial charge in [-0.2, -0.15) is 0 Å². The van der Waals surface area contributed by atoms with E-state index >= 15 is 0 Å². The minimum Gasteiger partial charge on any atom is -0.463 e. The van der Waals surface area contributed by atoms with Gasteiger partial charge in [-0.3, -0.25) is 0 Å². The Labute approximate surface area is 88.1 Å². The first-order valence-electron chi connectivity index (χ1n) is 4.16. The molecule has 3 N–H and O–H groups in total. The standard InChI is InChI=1S/C9H12N2O3S/c1-15(14,11-9(12)13)6-7-3-2-4-8(10)5-7/h2-5H,6,10H2,1H3,(H,12,13). The van der Waals surface area contributed by atoms with E-state index in [9.17, 15) is 9.00 Å². The highest BCUT2D eigenvalue weighted by Crippen LogP contribution is 2.11. The summed E-state index contributed by atoms with van der Waals surface area (Å²) in [6.07, 6.45) is -0.101. The van der Waals surface area contributed by atoms with E-state index in [1.54, 1.807) is 24.3 Å². The SMILES string of the molecule is CS(=O)(Cc1cccc(N)c1)=NC(=O)O. The maximum absolute atomic E-state index is 11.7. The fourth-order valence-electron chi connectivity index (χ4n) is 1.19. The van der Waals surface area contributed by atoms with Crippen LogP contribution in [-0.4, -0.2) is 21.7 Å². The van der Waals surface area contributed by atoms with Crippen LogP contribution in [0, 0.1) is 0 Å². The first kappa shape index (κ1) is 11.5. The number of rotatable bonds is 2. The molecular formula is C9H12N2O3S. The molecule has 1 aromatic rings. The lowest BCUT2D eigenvalue weighted by atomic mass is 10.2. The molecule has 15 heavy (non-hydrogen) atoms. The van der Waals surface area contributed by atoms with Gasteiger partial charge in [0.05, 0.1) is 15.5 Å². The molecule has 0 spiro atoms. The highest BCUT2D eigenvalue weighted by molar-refractivity contribution is 7.92. The van der Waals surface area contributed by atoms with Crippen molar-refractivity contribution < 1.29 is 14.1 Å². The van der Waals surface area contributed by atoms with Gasteiger partial charge in [-0.15, -0.1) is 4.36 Å². The molecule has 5 nitrogen and oxygen atoms in total. The summed E-state index contributed by atoms with van der Waals surface area (Å²) in [7, 11) is -2.73. The minimum absolute atomic E-state index is 0.0876. The zero-order chi connectivity index (χ0) is 11.5. The van der Waals surface area contributed by atoms with E-state index in [4.69, 9.17) is 10.8 Å². The summed E-state index contributed by atoms with van der Waals surface area (Å²) in [4.78, 5) is 10.3. The number of nitrogens with two attached hydrogens (primary N) is 1. The van der Waals surface area contributed by atoms with Crippen molar-refractivity contribution >= 4 is 21.5 Å². The molecule has 0 saturated carbocycles. The lowest BCUT2D eigenvalue weighted by Crippen LogP contribution is -2.04. The molecule has 0 heterocycles. The Balaban J connectivity index is 2.96. The highest BCUT2D eigenvalue weighted by Gasteiger charge is 2.06. The normalized spacial score (nSPS) is 14.2. The molecule has 0 aromatic heterocycles. The topological polar surface area (TPSA) is 92.8 Å². The van der Waals surface area contributed by atoms with E-state index in [-0.39, 0.29) is 5.75 Å². The smallest absolute Gasteiger partial charge is 0.439 e. The first-order chi connectivity index (χ1) is 6.89. The molecule has 0 aliphatic carbocycles. The van der Waals surface area contributed by atoms with E-state index in [2.05, 4.69) is 4.36 Å². The number of benzene rings is 1. The van der Waals surface area contributed by atoms with Crippen molar-refractivity contribution in [3.8, 4) is 0 Å². The van der Waals surface area contributed by atoms with Crippen LogP contribution in [0.25, 0.3) is 0 Å². The van der Waals surface area contributed by atoms with Crippen molar-refractivity contribution in [2.24, 2.45) is 4.36 Å². The van der Waals surface area contributed by atoms with Gasteiger partial charge in [0, 0.05) is 11.9 Å². The van der Waals surface area contributed by atoms with E-state index in [0.717, 1.165) is 0 Å². The first-order valence-corrected chi connectivity index (χ1v) is 6.25. The van der Waals surface area contributed by atoms with Crippen LogP contribution >= 0.6 is 0 Å². The molecule has 0 fully saturated rings. The van der Waals surface area contributed by atoms with E-state index in [1.165, 1.54) is 6.26 Å². The minimum atomic E-state index is -2.73. The molecule has 1 rings (SSSR count). The van der Waals surface area contributed by atoms with Crippen molar-refractivity contribution in [3.63, 3.8) is 0 Å². The maximum Gasteiger partial charge on any atom is 0.439 e. The molecule has 0 bridgehead atoms. The van der Waals surface area contributed by atoms with Crippen LogP contribution in [0.3, 0.4) is 0 Å². The average molecular weight is 228 g/mol. The Morgan fingerprint density at radius 1 is 1.60 bits per heavy atom. The monoisotopic (exact) mass is 228 g/mol. The van der Waals surface area contributed by atoms with Gasteiger partial charge >= 0.3 is 6.09 Å². The second-order valence-electron chi connectivity index (χ2n) is 3.22. The molecule has 1 amide bonds. The van der Waals surface area contributed by atoms with Gasteiger partial charge in [0.15, 0.2) is 0 Å². The average Bonchev–Trinajstić information content (AvgIpc) is 1.99. The summed E-state index contributed by atoms with van der Waals surface area (Å²) in [6, 6.07) is 6.81. The van der Waals surface area contributed by atoms with Crippen molar-refractivity contribution in [1.82, 2.24) is 0 Å². The number of nitrogens with zero attached hydrogens (tertiary/aromatic N) is 1. The van der Waals surface area contributed by atoms with Crippen molar-refractivity contribution in [1.29, 1.82) is 0 Å². The number of carbonyl (C=O) groups is 1. The third-order valence-electron chi connectivity index (χ3n) is 1.66. The largest absolute Gasteiger partial charge is 0.463 e. The van der Waals surface area contributed by atoms with Gasteiger partial charge < -0.3 is 10.8 Å². The van der Waals surface area contributed by atoms with Gasteiger partial charge in [0.2, 0.25) is 0 Å². The van der Waals surface area contributed by atoms with Crippen LogP contribution in [0.4, 0.5) is 10.5 Å². The molecule has 0 aliphatic heterocycles. The Bertz CT molecular complexity index is 490. The molecule has 1 unspecified atom stereocenters. The number of anilines is 1. The Morgan fingerprint density at radius 2 is 2.27 bits per heavy atom. The Morgan fingerprint density at radius 3 is 2.80 bits per heavy atom. The molecular weight excluding hydrogens is 216 g/mol. The molecule has 0 radical (unpaired) electrons. The number of carboxylic acid groups (broad SMARTS) is 1. The summed E-state index contributed by atoms with van der Waals surface area (Å²) in [6.45, 7) is 0. The maximum atomic E-state index is 11.7. The summed E-state index contributed by atoms with van der Waals surface area (Å²) < 4.78 is 14.8. The predicted octanol–water partition coefficient (Wildman–Crippen LogP) is 1.54. The lowest BCUT2D eigenvalue weighted by molar-refractivity contribution is 0.206. The van der Waals surface area contributed by atoms with Crippen LogP contribution < -0.4 is 5.73 Å². The van der Waals surface area contributed by atoms with Crippen LogP contribution in [0.2, 0.25) is 0 Å². The number of hydrogen-bond acceptors (Lipinski definition) is 3. The third kappa shape index (κ3) is 3.99. The van der Waals surface area contributed by atoms with Crippen LogP contribution in [0.5, 0.6) is 0 Å². The molecule has 1 aromatic carbocycles. The fraction of sp³-hybridized carbons (Fsp3) is 0.222. The number of nitrogen functional groups attached to an aromatic ring is 1. The highest BCUT2D eigenvalue weighted by atomic mass is 32.2. The van der Waals surface area contributed by atoms with Crippen LogP contribution in [0.1, 0.15) is 5.56 Å². The van der Waals surface area contributed by atoms with Crippen LogP contribution in [0.15, 0.2) is 28.6 Å². The summed E-state index contributed by atoms with van der Waals surface area (Å²) >= 11 is 0. The molecule has 0 saturated heterocycles. The molecule has 6 heteroatoms. The van der Waals surface area contributed by atoms with Crippen molar-refractivity contribution in [2.45, 2.75) is 5.75 Å². The summed E-state index contributed by atoms with van der Waals surface area (Å²) in [5.74, 6) is 0.0876. The van der Waals surface area contributed by atoms with E-state index in [1.807, 2.05) is 0 Å². The summed E-state index contributed by atoms with van der Waals surface area (Å²) in [5, 5.41) is 8.41. The van der Waals surface area contributed by atoms with Gasteiger partial charge in [0.25, 0.3) is 0 Å². The second-order valence-corrected chi connectivity index (χ2v) is 5.61. The van der Waals surface area contributed by atoms with Crippen molar-refractivity contribution in [2.75, 3.05) is 12.0 Å². The van der Waals surface area contributed by atoms with Gasteiger partial charge in [-0.1, -0.05) is 12.1 Å². The molecule has 1 atom stereocenters. The Kier molecular flexibility index (Phi) is 3.31. The molecule has 0 aliphatic rings. The van der Waals surface area contributed by atoms with E-state index in [0.29, 0.717) is 11.3 Å². The van der Waals surface area contributed by atoms with Gasteiger partial charge in [-0.25, -0.2) is 9.00 Å². The Hall–Kier alpha value is -1.56. The zero-order valence-corrected chi connectivity index (χ0v) is 9.03. The zero-order valence-electron chi connectivity index (χ0n) is 8.21. The lowest BCUT2D eigenvalue weighted by Gasteiger charge is -2.03. The van der Waals surface area contributed by atoms with Crippen molar-refractivity contribution in [3.05, 3.63) is 29.8 Å². The number of amides is 1. The van der Waals surface area contributed by atoms with Gasteiger partial charge in [0.1, 0.15) is 0 Å². The summed E-state index contributed by atoms with van der Waals surface area (Å²) in [5.41, 5.74) is 6.81. The number of hydrogen-bond donors (Lipinski definition) is 2. The third-order valence-corrected chi connectivity index (χ3v) is 3.07. The second kappa shape index (κ2) is 4.31. The molecule has 82 valence electrons. The fourth-order valence-corrected chi connectivity index (χ4v) is 2.38. The quantitative estimate of drug-likeness (QED) is 0.751. The predicted molar refractivity (Wildman–Crippen MR) is 59.1 cm³/mol. The van der Waals surface area contributed by atoms with E-state index < -0.39 is 15.8 Å². The van der Waals surface area contributed by atoms with Crippen LogP contribution in [-0.2, 0) is 15.5 Å².